The summed E-state index contributed by atoms with van der Waals surface area (Å²) in [5.41, 5.74) is 3.04. The predicted molar refractivity (Wildman–Crippen MR) is 102 cm³/mol. The van der Waals surface area contributed by atoms with Crippen LogP contribution in [0, 0.1) is 5.92 Å². The van der Waals surface area contributed by atoms with E-state index < -0.39 is 5.41 Å². The zero-order chi connectivity index (χ0) is 16.9. The molecule has 2 aliphatic heterocycles. The summed E-state index contributed by atoms with van der Waals surface area (Å²) in [5.74, 6) is 0.739. The topological polar surface area (TPSA) is 23.6 Å². The number of anilines is 2. The van der Waals surface area contributed by atoms with Crippen LogP contribution in [-0.4, -0.2) is 25.5 Å². The molecule has 0 aromatic heterocycles. The molecule has 0 bridgehead atoms. The Balaban J connectivity index is 1.50. The monoisotopic (exact) mass is 384 g/mol. The molecule has 4 heteroatoms. The standard InChI is InChI=1S/C20H21BrN2O/c1-20(2)17-9-8-15(21)10-18(17)23(19(20)24)13-14-11-22(12-14)16-6-4-3-5-7-16/h3-10,14H,11-13H2,1-2H3. The van der Waals surface area contributed by atoms with Crippen LogP contribution in [0.1, 0.15) is 19.4 Å². The fraction of sp³-hybridized carbons (Fsp3) is 0.350. The third-order valence-corrected chi connectivity index (χ3v) is 5.72. The van der Waals surface area contributed by atoms with Crippen LogP contribution in [-0.2, 0) is 10.2 Å². The zero-order valence-corrected chi connectivity index (χ0v) is 15.6. The van der Waals surface area contributed by atoms with Gasteiger partial charge < -0.3 is 9.80 Å². The molecule has 2 aliphatic rings. The lowest BCUT2D eigenvalue weighted by molar-refractivity contribution is -0.122. The Labute approximate surface area is 151 Å². The van der Waals surface area contributed by atoms with Crippen molar-refractivity contribution in [2.24, 2.45) is 5.92 Å². The summed E-state index contributed by atoms with van der Waals surface area (Å²) in [6, 6.07) is 16.7. The van der Waals surface area contributed by atoms with Crippen LogP contribution in [0.15, 0.2) is 53.0 Å². The lowest BCUT2D eigenvalue weighted by Crippen LogP contribution is -2.53. The van der Waals surface area contributed by atoms with Gasteiger partial charge in [0, 0.05) is 41.4 Å². The number of carbonyl (C=O) groups is 1. The first-order valence-corrected chi connectivity index (χ1v) is 9.18. The molecule has 1 fully saturated rings. The fourth-order valence-corrected chi connectivity index (χ4v) is 4.14. The highest BCUT2D eigenvalue weighted by Gasteiger charge is 2.45. The van der Waals surface area contributed by atoms with Gasteiger partial charge in [-0.3, -0.25) is 4.79 Å². The maximum absolute atomic E-state index is 12.9. The second-order valence-corrected chi connectivity index (χ2v) is 8.22. The molecule has 3 nitrogen and oxygen atoms in total. The number of carbonyl (C=O) groups excluding carboxylic acids is 1. The summed E-state index contributed by atoms with van der Waals surface area (Å²) in [5, 5.41) is 0. The molecule has 2 aromatic carbocycles. The SMILES string of the molecule is CC1(C)C(=O)N(CC2CN(c3ccccc3)C2)c2cc(Br)ccc21. The minimum atomic E-state index is -0.432. The Kier molecular flexibility index (Phi) is 3.68. The van der Waals surface area contributed by atoms with Crippen molar-refractivity contribution in [3.8, 4) is 0 Å². The van der Waals surface area contributed by atoms with Crippen molar-refractivity contribution in [1.29, 1.82) is 0 Å². The Hall–Kier alpha value is -1.81. The summed E-state index contributed by atoms with van der Waals surface area (Å²) in [7, 11) is 0. The van der Waals surface area contributed by atoms with Crippen LogP contribution >= 0.6 is 15.9 Å². The van der Waals surface area contributed by atoms with E-state index in [1.165, 1.54) is 5.69 Å². The average molecular weight is 385 g/mol. The predicted octanol–water partition coefficient (Wildman–Crippen LogP) is 4.21. The molecule has 0 aliphatic carbocycles. The number of fused-ring (bicyclic) bond motifs is 1. The van der Waals surface area contributed by atoms with Gasteiger partial charge in [0.05, 0.1) is 5.41 Å². The van der Waals surface area contributed by atoms with E-state index in [4.69, 9.17) is 0 Å². The number of amides is 1. The van der Waals surface area contributed by atoms with Gasteiger partial charge in [0.1, 0.15) is 0 Å². The highest BCUT2D eigenvalue weighted by molar-refractivity contribution is 9.10. The van der Waals surface area contributed by atoms with Crippen LogP contribution < -0.4 is 9.80 Å². The summed E-state index contributed by atoms with van der Waals surface area (Å²) < 4.78 is 1.02. The number of para-hydroxylation sites is 1. The third kappa shape index (κ3) is 2.44. The quantitative estimate of drug-likeness (QED) is 0.790. The zero-order valence-electron chi connectivity index (χ0n) is 14.0. The van der Waals surface area contributed by atoms with Crippen LogP contribution in [0.4, 0.5) is 11.4 Å². The van der Waals surface area contributed by atoms with Crippen molar-refractivity contribution >= 4 is 33.2 Å². The van der Waals surface area contributed by atoms with Gasteiger partial charge in [-0.1, -0.05) is 40.2 Å². The molecule has 24 heavy (non-hydrogen) atoms. The molecule has 0 radical (unpaired) electrons. The average Bonchev–Trinajstić information content (AvgIpc) is 2.71. The van der Waals surface area contributed by atoms with Crippen molar-refractivity contribution in [2.45, 2.75) is 19.3 Å². The third-order valence-electron chi connectivity index (χ3n) is 5.22. The van der Waals surface area contributed by atoms with Gasteiger partial charge in [0.25, 0.3) is 0 Å². The lowest BCUT2D eigenvalue weighted by Gasteiger charge is -2.42. The minimum absolute atomic E-state index is 0.216. The molecule has 1 saturated heterocycles. The molecular formula is C20H21BrN2O. The first-order valence-electron chi connectivity index (χ1n) is 8.39. The molecule has 0 unspecified atom stereocenters. The highest BCUT2D eigenvalue weighted by atomic mass is 79.9. The van der Waals surface area contributed by atoms with Gasteiger partial charge in [0.2, 0.25) is 5.91 Å². The van der Waals surface area contributed by atoms with E-state index in [0.29, 0.717) is 5.92 Å². The van der Waals surface area contributed by atoms with Crippen molar-refractivity contribution in [1.82, 2.24) is 0 Å². The van der Waals surface area contributed by atoms with Gasteiger partial charge in [-0.2, -0.15) is 0 Å². The van der Waals surface area contributed by atoms with Crippen molar-refractivity contribution in [3.05, 3.63) is 58.6 Å². The van der Waals surface area contributed by atoms with Gasteiger partial charge in [-0.05, 0) is 43.7 Å². The fourth-order valence-electron chi connectivity index (χ4n) is 3.79. The summed E-state index contributed by atoms with van der Waals surface area (Å²) in [6.07, 6.45) is 0. The Morgan fingerprint density at radius 3 is 2.54 bits per heavy atom. The van der Waals surface area contributed by atoms with Crippen LogP contribution in [0.5, 0.6) is 0 Å². The molecule has 124 valence electrons. The number of nitrogens with zero attached hydrogens (tertiary/aromatic N) is 2. The minimum Gasteiger partial charge on any atom is -0.371 e. The van der Waals surface area contributed by atoms with Crippen LogP contribution in [0.3, 0.4) is 0 Å². The highest BCUT2D eigenvalue weighted by Crippen LogP contribution is 2.43. The number of rotatable bonds is 3. The summed E-state index contributed by atoms with van der Waals surface area (Å²) in [6.45, 7) is 6.88. The first-order chi connectivity index (χ1) is 11.5. The number of hydrogen-bond donors (Lipinski definition) is 0. The molecule has 2 heterocycles. The van der Waals surface area contributed by atoms with E-state index in [1.54, 1.807) is 0 Å². The largest absolute Gasteiger partial charge is 0.371 e. The van der Waals surface area contributed by atoms with Crippen molar-refractivity contribution in [3.63, 3.8) is 0 Å². The van der Waals surface area contributed by atoms with Gasteiger partial charge >= 0.3 is 0 Å². The molecule has 0 N–H and O–H groups in total. The maximum atomic E-state index is 12.9. The summed E-state index contributed by atoms with van der Waals surface area (Å²) >= 11 is 3.54. The van der Waals surface area contributed by atoms with Crippen LogP contribution in [0.25, 0.3) is 0 Å². The summed E-state index contributed by atoms with van der Waals surface area (Å²) in [4.78, 5) is 17.3. The molecule has 2 aromatic rings. The van der Waals surface area contributed by atoms with E-state index in [2.05, 4.69) is 57.2 Å². The van der Waals surface area contributed by atoms with E-state index in [1.807, 2.05) is 30.9 Å². The van der Waals surface area contributed by atoms with E-state index >= 15 is 0 Å². The van der Waals surface area contributed by atoms with E-state index in [0.717, 1.165) is 35.4 Å². The van der Waals surface area contributed by atoms with Crippen LogP contribution in [0.2, 0.25) is 0 Å². The number of halogens is 1. The van der Waals surface area contributed by atoms with Gasteiger partial charge in [-0.15, -0.1) is 0 Å². The number of benzene rings is 2. The van der Waals surface area contributed by atoms with Crippen molar-refractivity contribution in [2.75, 3.05) is 29.4 Å². The molecular weight excluding hydrogens is 364 g/mol. The molecule has 0 atom stereocenters. The Morgan fingerprint density at radius 2 is 1.83 bits per heavy atom. The van der Waals surface area contributed by atoms with Gasteiger partial charge in [0.15, 0.2) is 0 Å². The molecule has 1 amide bonds. The molecule has 4 rings (SSSR count). The van der Waals surface area contributed by atoms with Gasteiger partial charge in [-0.25, -0.2) is 0 Å². The first kappa shape index (κ1) is 15.7. The second kappa shape index (κ2) is 5.62. The molecule has 0 spiro atoms. The molecule has 0 saturated carbocycles. The Morgan fingerprint density at radius 1 is 1.12 bits per heavy atom. The number of hydrogen-bond acceptors (Lipinski definition) is 2. The smallest absolute Gasteiger partial charge is 0.237 e. The van der Waals surface area contributed by atoms with E-state index in [-0.39, 0.29) is 5.91 Å². The van der Waals surface area contributed by atoms with Crippen molar-refractivity contribution < 1.29 is 4.79 Å². The lowest BCUT2D eigenvalue weighted by atomic mass is 9.86. The normalized spacial score (nSPS) is 19.4. The maximum Gasteiger partial charge on any atom is 0.237 e. The Bertz CT molecular complexity index is 781. The second-order valence-electron chi connectivity index (χ2n) is 7.31. The van der Waals surface area contributed by atoms with E-state index in [9.17, 15) is 4.79 Å².